The number of hydrogen-bond donors (Lipinski definition) is 7. The summed E-state index contributed by atoms with van der Waals surface area (Å²) in [6, 6.07) is 0. The number of hydrogen-bond acceptors (Lipinski definition) is 13. The number of aliphatic hydroxyl groups excluding tert-OH is 7. The molecule has 0 aliphatic carbocycles. The average molecular weight is 470 g/mol. The van der Waals surface area contributed by atoms with E-state index in [9.17, 15) is 40.5 Å². The minimum absolute atomic E-state index is 0.159. The average Bonchev–Trinajstić information content (AvgIpc) is 2.80. The summed E-state index contributed by atoms with van der Waals surface area (Å²) in [6.07, 6.45) is -12.7. The third kappa shape index (κ3) is 6.77. The lowest BCUT2D eigenvalue weighted by Gasteiger charge is -2.45. The Kier molecular flexibility index (Phi) is 11.1. The summed E-state index contributed by atoms with van der Waals surface area (Å²) >= 11 is 0. The third-order valence-corrected chi connectivity index (χ3v) is 5.50. The second kappa shape index (κ2) is 13.1. The van der Waals surface area contributed by atoms with Crippen molar-refractivity contribution in [3.8, 4) is 0 Å². The fourth-order valence-electron chi connectivity index (χ4n) is 3.54. The minimum Gasteiger partial charge on any atom is -0.469 e. The lowest BCUT2D eigenvalue weighted by molar-refractivity contribution is -0.359. The van der Waals surface area contributed by atoms with Gasteiger partial charge in [-0.3, -0.25) is 4.79 Å². The highest BCUT2D eigenvalue weighted by Gasteiger charge is 2.50. The van der Waals surface area contributed by atoms with Crippen molar-refractivity contribution in [1.29, 1.82) is 0 Å². The Morgan fingerprint density at radius 2 is 1.41 bits per heavy atom. The van der Waals surface area contributed by atoms with Gasteiger partial charge in [0.15, 0.2) is 12.6 Å². The lowest BCUT2D eigenvalue weighted by atomic mass is 9.97. The molecule has 2 rings (SSSR count). The van der Waals surface area contributed by atoms with Crippen molar-refractivity contribution in [2.75, 3.05) is 26.9 Å². The van der Waals surface area contributed by atoms with Crippen LogP contribution in [0.4, 0.5) is 0 Å². The molecule has 0 saturated carbocycles. The zero-order valence-corrected chi connectivity index (χ0v) is 17.8. The van der Waals surface area contributed by atoms with Crippen molar-refractivity contribution in [1.82, 2.24) is 0 Å². The highest BCUT2D eigenvalue weighted by Crippen LogP contribution is 2.29. The van der Waals surface area contributed by atoms with Crippen LogP contribution < -0.4 is 0 Å². The van der Waals surface area contributed by atoms with E-state index in [1.807, 2.05) is 0 Å². The number of rotatable bonds is 11. The Hall–Kier alpha value is -0.970. The molecule has 32 heavy (non-hydrogen) atoms. The predicted molar refractivity (Wildman–Crippen MR) is 103 cm³/mol. The Bertz CT molecular complexity index is 559. The van der Waals surface area contributed by atoms with Gasteiger partial charge in [0.05, 0.1) is 20.3 Å². The predicted octanol–water partition coefficient (Wildman–Crippen LogP) is -3.64. The highest BCUT2D eigenvalue weighted by molar-refractivity contribution is 5.68. The summed E-state index contributed by atoms with van der Waals surface area (Å²) in [5.74, 6) is -0.309. The summed E-state index contributed by atoms with van der Waals surface area (Å²) in [6.45, 7) is -1.15. The Morgan fingerprint density at radius 1 is 0.781 bits per heavy atom. The summed E-state index contributed by atoms with van der Waals surface area (Å²) in [5.41, 5.74) is 0. The molecule has 2 aliphatic heterocycles. The standard InChI is InChI=1S/C19H34O13/c1-28-11(22)5-3-2-4-6-29-18-16(27)14(25)17(10(8-21)31-18)32-19-15(26)13(24)12(23)9(7-20)30-19/h9-10,12-21,23-27H,2-8H2,1H3/t9-,10-,12+,13+,14-,15-,16-,17-,18-,19+/m1/s1. The van der Waals surface area contributed by atoms with E-state index in [0.717, 1.165) is 0 Å². The van der Waals surface area contributed by atoms with E-state index >= 15 is 0 Å². The van der Waals surface area contributed by atoms with Crippen molar-refractivity contribution in [3.63, 3.8) is 0 Å². The summed E-state index contributed by atoms with van der Waals surface area (Å²) in [5, 5.41) is 69.6. The number of esters is 1. The van der Waals surface area contributed by atoms with Gasteiger partial charge in [0.2, 0.25) is 0 Å². The van der Waals surface area contributed by atoms with Crippen LogP contribution in [-0.2, 0) is 28.5 Å². The summed E-state index contributed by atoms with van der Waals surface area (Å²) in [4.78, 5) is 11.1. The first-order chi connectivity index (χ1) is 15.2. The molecule has 2 heterocycles. The number of methoxy groups -OCH3 is 1. The molecular weight excluding hydrogens is 436 g/mol. The van der Waals surface area contributed by atoms with Crippen LogP contribution in [0.25, 0.3) is 0 Å². The number of ether oxygens (including phenoxy) is 5. The first-order valence-electron chi connectivity index (χ1n) is 10.5. The largest absolute Gasteiger partial charge is 0.469 e. The van der Waals surface area contributed by atoms with Crippen LogP contribution in [0.15, 0.2) is 0 Å². The van der Waals surface area contributed by atoms with Crippen LogP contribution in [0.3, 0.4) is 0 Å². The SMILES string of the molecule is COC(=O)CCCCCO[C@@H]1O[C@H](CO)[C@@H](O[C@@H]2O[C@H](CO)[C@H](O)[C@H](O)[C@H]2O)[C@H](O)[C@H]1O. The van der Waals surface area contributed by atoms with E-state index in [4.69, 9.17) is 18.9 Å². The molecule has 0 aromatic carbocycles. The number of carbonyl (C=O) groups excluding carboxylic acids is 1. The van der Waals surface area contributed by atoms with Crippen LogP contribution in [-0.4, -0.2) is 130 Å². The molecule has 10 atom stereocenters. The third-order valence-electron chi connectivity index (χ3n) is 5.50. The van der Waals surface area contributed by atoms with E-state index in [1.54, 1.807) is 0 Å². The molecule has 0 unspecified atom stereocenters. The molecule has 0 bridgehead atoms. The molecule has 0 radical (unpaired) electrons. The van der Waals surface area contributed by atoms with Crippen LogP contribution in [0, 0.1) is 0 Å². The molecule has 13 nitrogen and oxygen atoms in total. The Morgan fingerprint density at radius 3 is 2.03 bits per heavy atom. The van der Waals surface area contributed by atoms with Crippen molar-refractivity contribution < 1.29 is 64.2 Å². The molecule has 0 aromatic rings. The van der Waals surface area contributed by atoms with Gasteiger partial charge in [-0.1, -0.05) is 6.42 Å². The fourth-order valence-corrected chi connectivity index (χ4v) is 3.54. The van der Waals surface area contributed by atoms with Gasteiger partial charge in [-0.05, 0) is 12.8 Å². The molecule has 2 aliphatic rings. The molecule has 2 saturated heterocycles. The summed E-state index contributed by atoms with van der Waals surface area (Å²) in [7, 11) is 1.31. The van der Waals surface area contributed by atoms with Gasteiger partial charge in [0.25, 0.3) is 0 Å². The molecule has 188 valence electrons. The van der Waals surface area contributed by atoms with Crippen molar-refractivity contribution in [2.45, 2.75) is 87.1 Å². The van der Waals surface area contributed by atoms with E-state index in [-0.39, 0.29) is 19.0 Å². The molecule has 0 amide bonds. The zero-order valence-electron chi connectivity index (χ0n) is 17.8. The molecule has 7 N–H and O–H groups in total. The van der Waals surface area contributed by atoms with Crippen molar-refractivity contribution >= 4 is 5.97 Å². The maximum absolute atomic E-state index is 11.1. The Balaban J connectivity index is 1.89. The van der Waals surface area contributed by atoms with Gasteiger partial charge in [0.1, 0.15) is 48.8 Å². The summed E-state index contributed by atoms with van der Waals surface area (Å²) < 4.78 is 26.2. The van der Waals surface area contributed by atoms with E-state index in [0.29, 0.717) is 19.3 Å². The first-order valence-corrected chi connectivity index (χ1v) is 10.5. The van der Waals surface area contributed by atoms with Crippen LogP contribution in [0.2, 0.25) is 0 Å². The monoisotopic (exact) mass is 470 g/mol. The number of unbranched alkanes of at least 4 members (excludes halogenated alkanes) is 2. The van der Waals surface area contributed by atoms with Crippen molar-refractivity contribution in [2.24, 2.45) is 0 Å². The molecule has 2 fully saturated rings. The second-order valence-corrected chi connectivity index (χ2v) is 7.76. The van der Waals surface area contributed by atoms with Gasteiger partial charge in [0, 0.05) is 13.0 Å². The fraction of sp³-hybridized carbons (Fsp3) is 0.947. The number of carbonyl (C=O) groups is 1. The normalized spacial score (nSPS) is 40.2. The van der Waals surface area contributed by atoms with Gasteiger partial charge in [-0.25, -0.2) is 0 Å². The Labute approximate surface area is 185 Å². The lowest BCUT2D eigenvalue weighted by Crippen LogP contribution is -2.64. The quantitative estimate of drug-likeness (QED) is 0.115. The topological polar surface area (TPSA) is 205 Å². The molecule has 0 spiro atoms. The van der Waals surface area contributed by atoms with E-state index in [2.05, 4.69) is 4.74 Å². The van der Waals surface area contributed by atoms with Crippen LogP contribution >= 0.6 is 0 Å². The molecular formula is C19H34O13. The maximum Gasteiger partial charge on any atom is 0.305 e. The van der Waals surface area contributed by atoms with Gasteiger partial charge >= 0.3 is 5.97 Å². The number of aliphatic hydroxyl groups is 7. The van der Waals surface area contributed by atoms with Crippen molar-refractivity contribution in [3.05, 3.63) is 0 Å². The van der Waals surface area contributed by atoms with Gasteiger partial charge in [-0.2, -0.15) is 0 Å². The van der Waals surface area contributed by atoms with Gasteiger partial charge in [-0.15, -0.1) is 0 Å². The first kappa shape index (κ1) is 27.3. The van der Waals surface area contributed by atoms with Gasteiger partial charge < -0.3 is 59.4 Å². The molecule has 13 heteroatoms. The van der Waals surface area contributed by atoms with E-state index < -0.39 is 74.6 Å². The minimum atomic E-state index is -1.73. The van der Waals surface area contributed by atoms with Crippen LogP contribution in [0.5, 0.6) is 0 Å². The maximum atomic E-state index is 11.1. The van der Waals surface area contributed by atoms with E-state index in [1.165, 1.54) is 7.11 Å². The highest BCUT2D eigenvalue weighted by atomic mass is 16.7. The molecule has 0 aromatic heterocycles. The smallest absolute Gasteiger partial charge is 0.305 e. The zero-order chi connectivity index (χ0) is 23.8. The van der Waals surface area contributed by atoms with Crippen LogP contribution in [0.1, 0.15) is 25.7 Å². The second-order valence-electron chi connectivity index (χ2n) is 7.76.